The number of halogens is 1. The van der Waals surface area contributed by atoms with Crippen molar-refractivity contribution in [2.75, 3.05) is 0 Å². The van der Waals surface area contributed by atoms with E-state index in [2.05, 4.69) is 32.8 Å². The van der Waals surface area contributed by atoms with Crippen molar-refractivity contribution in [1.29, 1.82) is 0 Å². The number of hydrogen-bond donors (Lipinski definition) is 1. The molecule has 1 aliphatic rings. The van der Waals surface area contributed by atoms with Gasteiger partial charge in [0, 0.05) is 11.6 Å². The monoisotopic (exact) mass is 272 g/mol. The molecule has 0 atom stereocenters. The summed E-state index contributed by atoms with van der Waals surface area (Å²) in [7, 11) is 0. The Morgan fingerprint density at radius 2 is 2.29 bits per heavy atom. The van der Waals surface area contributed by atoms with Gasteiger partial charge in [-0.25, -0.2) is 4.98 Å². The van der Waals surface area contributed by atoms with Gasteiger partial charge in [-0.05, 0) is 35.2 Å². The highest BCUT2D eigenvalue weighted by molar-refractivity contribution is 9.10. The number of nitrogens with zero attached hydrogens (tertiary/aromatic N) is 1. The maximum absolute atomic E-state index is 5.21. The minimum atomic E-state index is 0.620. The molecule has 1 heterocycles. The van der Waals surface area contributed by atoms with Gasteiger partial charge in [-0.3, -0.25) is 0 Å². The number of aromatic amines is 1. The molecule has 0 spiro atoms. The summed E-state index contributed by atoms with van der Waals surface area (Å²) < 4.78 is 1.65. The average Bonchev–Trinajstić information content (AvgIpc) is 2.08. The summed E-state index contributed by atoms with van der Waals surface area (Å²) in [5.41, 5.74) is 1.17. The van der Waals surface area contributed by atoms with E-state index in [0.29, 0.717) is 10.6 Å². The summed E-state index contributed by atoms with van der Waals surface area (Å²) in [5, 5.41) is 0. The number of hydrogen-bond acceptors (Lipinski definition) is 2. The highest BCUT2D eigenvalue weighted by Crippen LogP contribution is 2.35. The summed E-state index contributed by atoms with van der Waals surface area (Å²) >= 11 is 8.67. The Balaban J connectivity index is 2.42. The first-order chi connectivity index (χ1) is 6.72. The summed E-state index contributed by atoms with van der Waals surface area (Å²) in [4.78, 5) is 7.80. The second-order valence-corrected chi connectivity index (χ2v) is 4.88. The Labute approximate surface area is 97.3 Å². The van der Waals surface area contributed by atoms with Gasteiger partial charge in [-0.15, -0.1) is 0 Å². The third-order valence-electron chi connectivity index (χ3n) is 2.80. The Kier molecular flexibility index (Phi) is 3.02. The van der Waals surface area contributed by atoms with Crippen LogP contribution in [-0.4, -0.2) is 9.97 Å². The van der Waals surface area contributed by atoms with Crippen molar-refractivity contribution in [3.8, 4) is 0 Å². The zero-order chi connectivity index (χ0) is 10.1. The third-order valence-corrected chi connectivity index (χ3v) is 4.21. The van der Waals surface area contributed by atoms with Crippen LogP contribution in [0.3, 0.4) is 0 Å². The van der Waals surface area contributed by atoms with Gasteiger partial charge in [-0.1, -0.05) is 25.6 Å². The second kappa shape index (κ2) is 4.11. The standard InChI is InChI=1S/C10H13BrN2S/c1-2-7-8(11)10(14)13-9(12-7)6-4-3-5-6/h6H,2-5H2,1H3,(H,12,13,14). The molecular weight excluding hydrogens is 260 g/mol. The van der Waals surface area contributed by atoms with Crippen molar-refractivity contribution in [3.05, 3.63) is 20.6 Å². The lowest BCUT2D eigenvalue weighted by molar-refractivity contribution is 0.399. The van der Waals surface area contributed by atoms with Crippen LogP contribution in [0, 0.1) is 4.64 Å². The fourth-order valence-corrected chi connectivity index (χ4v) is 2.33. The second-order valence-electron chi connectivity index (χ2n) is 3.70. The quantitative estimate of drug-likeness (QED) is 0.832. The van der Waals surface area contributed by atoms with Crippen LogP contribution in [0.2, 0.25) is 0 Å². The number of rotatable bonds is 2. The average molecular weight is 273 g/mol. The van der Waals surface area contributed by atoms with Crippen LogP contribution in [0.5, 0.6) is 0 Å². The predicted molar refractivity (Wildman–Crippen MR) is 63.1 cm³/mol. The van der Waals surface area contributed by atoms with Crippen LogP contribution >= 0.6 is 28.1 Å². The Morgan fingerprint density at radius 3 is 2.79 bits per heavy atom. The summed E-state index contributed by atoms with van der Waals surface area (Å²) in [6, 6.07) is 0. The lowest BCUT2D eigenvalue weighted by atomic mass is 9.85. The lowest BCUT2D eigenvalue weighted by Gasteiger charge is -2.24. The minimum Gasteiger partial charge on any atom is -0.346 e. The number of nitrogens with one attached hydrogen (secondary N) is 1. The van der Waals surface area contributed by atoms with Gasteiger partial charge in [0.2, 0.25) is 0 Å². The van der Waals surface area contributed by atoms with Gasteiger partial charge in [0.15, 0.2) is 0 Å². The highest BCUT2D eigenvalue weighted by Gasteiger charge is 2.22. The van der Waals surface area contributed by atoms with E-state index in [-0.39, 0.29) is 0 Å². The Morgan fingerprint density at radius 1 is 1.57 bits per heavy atom. The molecule has 4 heteroatoms. The molecule has 1 aliphatic carbocycles. The Bertz CT molecular complexity index is 396. The Hall–Kier alpha value is -0.220. The molecule has 0 aliphatic heterocycles. The van der Waals surface area contributed by atoms with E-state index in [1.807, 2.05) is 0 Å². The topological polar surface area (TPSA) is 28.7 Å². The van der Waals surface area contributed by atoms with Crippen molar-refractivity contribution in [3.63, 3.8) is 0 Å². The molecule has 0 amide bonds. The highest BCUT2D eigenvalue weighted by atomic mass is 79.9. The first-order valence-electron chi connectivity index (χ1n) is 5.01. The fraction of sp³-hybridized carbons (Fsp3) is 0.600. The zero-order valence-electron chi connectivity index (χ0n) is 8.14. The fourth-order valence-electron chi connectivity index (χ4n) is 1.64. The molecule has 1 fully saturated rings. The van der Waals surface area contributed by atoms with E-state index in [9.17, 15) is 0 Å². The van der Waals surface area contributed by atoms with Gasteiger partial charge in [-0.2, -0.15) is 0 Å². The van der Waals surface area contributed by atoms with Gasteiger partial charge in [0.05, 0.1) is 4.47 Å². The molecule has 2 rings (SSSR count). The van der Waals surface area contributed by atoms with Crippen LogP contribution in [0.1, 0.15) is 43.6 Å². The van der Waals surface area contributed by atoms with E-state index >= 15 is 0 Å². The molecular formula is C10H13BrN2S. The minimum absolute atomic E-state index is 0.620. The van der Waals surface area contributed by atoms with Gasteiger partial charge in [0.1, 0.15) is 10.5 Å². The van der Waals surface area contributed by atoms with Gasteiger partial charge < -0.3 is 4.98 Å². The van der Waals surface area contributed by atoms with Crippen molar-refractivity contribution < 1.29 is 0 Å². The molecule has 14 heavy (non-hydrogen) atoms. The zero-order valence-corrected chi connectivity index (χ0v) is 10.5. The molecule has 0 bridgehead atoms. The van der Waals surface area contributed by atoms with Crippen LogP contribution < -0.4 is 0 Å². The van der Waals surface area contributed by atoms with Crippen molar-refractivity contribution in [1.82, 2.24) is 9.97 Å². The first-order valence-corrected chi connectivity index (χ1v) is 6.21. The third kappa shape index (κ3) is 1.77. The maximum Gasteiger partial charge on any atom is 0.144 e. The van der Waals surface area contributed by atoms with E-state index < -0.39 is 0 Å². The summed E-state index contributed by atoms with van der Waals surface area (Å²) in [6.45, 7) is 2.12. The van der Waals surface area contributed by atoms with Crippen LogP contribution in [0.4, 0.5) is 0 Å². The van der Waals surface area contributed by atoms with E-state index in [0.717, 1.165) is 16.7 Å². The maximum atomic E-state index is 5.21. The van der Waals surface area contributed by atoms with E-state index in [1.165, 1.54) is 25.0 Å². The van der Waals surface area contributed by atoms with E-state index in [4.69, 9.17) is 12.2 Å². The number of aryl methyl sites for hydroxylation is 1. The molecule has 76 valence electrons. The molecule has 0 aromatic carbocycles. The molecule has 1 aromatic rings. The van der Waals surface area contributed by atoms with Crippen molar-refractivity contribution in [2.45, 2.75) is 38.5 Å². The normalized spacial score (nSPS) is 16.7. The summed E-state index contributed by atoms with van der Waals surface area (Å²) in [6.07, 6.45) is 4.79. The van der Waals surface area contributed by atoms with Crippen LogP contribution in [0.25, 0.3) is 0 Å². The van der Waals surface area contributed by atoms with Crippen molar-refractivity contribution in [2.24, 2.45) is 0 Å². The SMILES string of the molecule is CCc1[nH]c(C2CCC2)nc(=S)c1Br. The molecule has 1 saturated carbocycles. The first kappa shape index (κ1) is 10.3. The van der Waals surface area contributed by atoms with Crippen molar-refractivity contribution >= 4 is 28.1 Å². The smallest absolute Gasteiger partial charge is 0.144 e. The largest absolute Gasteiger partial charge is 0.346 e. The molecule has 0 saturated heterocycles. The molecule has 0 radical (unpaired) electrons. The molecule has 2 nitrogen and oxygen atoms in total. The van der Waals surface area contributed by atoms with Gasteiger partial charge >= 0.3 is 0 Å². The van der Waals surface area contributed by atoms with Gasteiger partial charge in [0.25, 0.3) is 0 Å². The van der Waals surface area contributed by atoms with Crippen LogP contribution in [0.15, 0.2) is 4.47 Å². The molecule has 1 N–H and O–H groups in total. The lowest BCUT2D eigenvalue weighted by Crippen LogP contribution is -2.14. The predicted octanol–water partition coefficient (Wildman–Crippen LogP) is 3.73. The number of aromatic nitrogens is 2. The van der Waals surface area contributed by atoms with E-state index in [1.54, 1.807) is 0 Å². The van der Waals surface area contributed by atoms with Crippen LogP contribution in [-0.2, 0) is 6.42 Å². The summed E-state index contributed by atoms with van der Waals surface area (Å²) in [5.74, 6) is 1.70. The number of H-pyrrole nitrogens is 1. The molecule has 0 unspecified atom stereocenters. The molecule has 1 aromatic heterocycles.